The van der Waals surface area contributed by atoms with Crippen LogP contribution in [0.1, 0.15) is 144 Å². The number of aromatic nitrogens is 4. The highest BCUT2D eigenvalue weighted by Gasteiger charge is 2.66. The van der Waals surface area contributed by atoms with Crippen molar-refractivity contribution in [2.45, 2.75) is 156 Å². The molecule has 2 unspecified atom stereocenters. The molecule has 20 nitrogen and oxygen atoms in total. The van der Waals surface area contributed by atoms with Gasteiger partial charge in [0.05, 0.1) is 40.8 Å². The van der Waals surface area contributed by atoms with Gasteiger partial charge in [-0.25, -0.2) is 19.6 Å². The predicted molar refractivity (Wildman–Crippen MR) is 298 cm³/mol. The molecule has 5 N–H and O–H groups in total. The Morgan fingerprint density at radius 1 is 0.848 bits per heavy atom. The molecule has 4 heterocycles. The minimum atomic E-state index is -4.66. The monoisotopic (exact) mass is 1120 g/mol. The van der Waals surface area contributed by atoms with Crippen molar-refractivity contribution in [3.8, 4) is 11.1 Å². The van der Waals surface area contributed by atoms with Gasteiger partial charge in [-0.05, 0) is 158 Å². The average molecular weight is 1130 g/mol. The van der Waals surface area contributed by atoms with E-state index in [0.29, 0.717) is 60.1 Å². The third-order valence-corrected chi connectivity index (χ3v) is 17.3. The molecule has 2 aromatic carbocycles. The standard InChI is InChI=1S/C57H72N8O12S2/c1-35-39(37-17-18-43(61-45(37)47(68)69)64-22-19-36-13-12-14-38(40(36)27-64)46(67)62-49-60-41-15-10-11-16-42(41)78-49)26-59-65(35)34-55-29-53(8)28-54(9,30-55)32-56(31-53,33-55)75-23-21-58-48(70)57(20-24-79(72,73)74,25-44(66)76-51(2,3)4)63-50(71)77-52(5,6)7/h10-18,26H,19-25,27-34H2,1-9H3,(H,58,70)(H,63,71)(H,68,69)(H,60,62,67)(H,72,73,74)/t53?,54?,55?,56?,57-/m1/s1. The van der Waals surface area contributed by atoms with Crippen molar-refractivity contribution in [2.75, 3.05) is 35.7 Å². The third kappa shape index (κ3) is 12.9. The van der Waals surface area contributed by atoms with Crippen LogP contribution in [0.5, 0.6) is 0 Å². The van der Waals surface area contributed by atoms with Gasteiger partial charge in [0, 0.05) is 48.6 Å². The Morgan fingerprint density at radius 3 is 2.23 bits per heavy atom. The SMILES string of the molecule is Cc1c(-c2ccc(N3CCc4cccc(C(=O)Nc5nc6ccccc6s5)c4C3)nc2C(=O)O)cnn1CC12CC3(C)CC(C)(C1)CC(OCCNC(=O)[C@@](CCS(=O)(=O)O)(CC(=O)OC(C)(C)C)NC(=O)OC(C)(C)C)(C3)C2. The van der Waals surface area contributed by atoms with Crippen molar-refractivity contribution in [2.24, 2.45) is 16.2 Å². The van der Waals surface area contributed by atoms with Crippen LogP contribution in [0.25, 0.3) is 21.3 Å². The van der Waals surface area contributed by atoms with E-state index in [4.69, 9.17) is 24.3 Å². The van der Waals surface area contributed by atoms with E-state index in [1.807, 2.05) is 59.0 Å². The molecule has 5 aliphatic rings. The molecule has 1 aliphatic heterocycles. The Labute approximate surface area is 464 Å². The predicted octanol–water partition coefficient (Wildman–Crippen LogP) is 8.90. The largest absolute Gasteiger partial charge is 0.476 e. The summed E-state index contributed by atoms with van der Waals surface area (Å²) in [5, 5.41) is 24.3. The molecule has 4 bridgehead atoms. The van der Waals surface area contributed by atoms with Gasteiger partial charge >= 0.3 is 18.0 Å². The van der Waals surface area contributed by atoms with E-state index in [1.54, 1.807) is 59.9 Å². The molecule has 4 saturated carbocycles. The fraction of sp³-hybridized carbons (Fsp3) is 0.544. The molecule has 3 aromatic heterocycles. The van der Waals surface area contributed by atoms with Gasteiger partial charge in [0.1, 0.15) is 22.6 Å². The van der Waals surface area contributed by atoms with Crippen LogP contribution in [0.15, 0.2) is 60.8 Å². The van der Waals surface area contributed by atoms with Crippen LogP contribution < -0.4 is 20.9 Å². The second kappa shape index (κ2) is 20.9. The smallest absolute Gasteiger partial charge is 0.408 e. The minimum absolute atomic E-state index is 0.0542. The number of benzene rings is 2. The number of esters is 1. The molecule has 10 rings (SSSR count). The number of rotatable bonds is 18. The summed E-state index contributed by atoms with van der Waals surface area (Å²) >= 11 is 1.41. The number of nitrogens with one attached hydrogen (secondary N) is 3. The number of nitrogens with zero attached hydrogens (tertiary/aromatic N) is 5. The lowest BCUT2D eigenvalue weighted by Gasteiger charge is -2.69. The summed E-state index contributed by atoms with van der Waals surface area (Å²) < 4.78 is 54.7. The van der Waals surface area contributed by atoms with Crippen molar-refractivity contribution in [1.82, 2.24) is 30.4 Å². The maximum Gasteiger partial charge on any atom is 0.408 e. The number of pyridine rings is 1. The molecule has 0 spiro atoms. The van der Waals surface area contributed by atoms with E-state index >= 15 is 0 Å². The number of anilines is 2. The number of carbonyl (C=O) groups is 5. The zero-order chi connectivity index (χ0) is 57.1. The molecule has 79 heavy (non-hydrogen) atoms. The number of aromatic carboxylic acids is 1. The Kier molecular flexibility index (Phi) is 15.1. The molecule has 3 atom stereocenters. The van der Waals surface area contributed by atoms with E-state index < -0.39 is 75.0 Å². The van der Waals surface area contributed by atoms with Gasteiger partial charge < -0.3 is 34.9 Å². The summed E-state index contributed by atoms with van der Waals surface area (Å²) in [7, 11) is -4.66. The van der Waals surface area contributed by atoms with Crippen LogP contribution in [0.2, 0.25) is 0 Å². The van der Waals surface area contributed by atoms with Gasteiger partial charge in [-0.3, -0.25) is 28.9 Å². The Morgan fingerprint density at radius 2 is 1.56 bits per heavy atom. The highest BCUT2D eigenvalue weighted by Crippen LogP contribution is 2.72. The number of carbonyl (C=O) groups excluding carboxylic acids is 4. The molecule has 0 saturated heterocycles. The van der Waals surface area contributed by atoms with Crippen molar-refractivity contribution < 1.29 is 56.3 Å². The Hall–Kier alpha value is -6.49. The third-order valence-electron chi connectivity index (χ3n) is 15.6. The number of hydrogen-bond acceptors (Lipinski definition) is 15. The number of hydrogen-bond donors (Lipinski definition) is 5. The first-order valence-electron chi connectivity index (χ1n) is 26.8. The van der Waals surface area contributed by atoms with Gasteiger partial charge in [-0.2, -0.15) is 13.5 Å². The number of fused-ring (bicyclic) bond motifs is 2. The highest BCUT2D eigenvalue weighted by molar-refractivity contribution is 7.85. The molecule has 5 aromatic rings. The van der Waals surface area contributed by atoms with Crippen molar-refractivity contribution in [3.63, 3.8) is 0 Å². The molecule has 4 aliphatic carbocycles. The molecule has 22 heteroatoms. The number of carboxylic acid groups (broad SMARTS) is 1. The lowest BCUT2D eigenvalue weighted by Crippen LogP contribution is -2.65. The highest BCUT2D eigenvalue weighted by atomic mass is 32.2. The average Bonchev–Trinajstić information content (AvgIpc) is 3.80. The first-order chi connectivity index (χ1) is 36.8. The number of alkyl carbamates (subject to hydrolysis) is 1. The van der Waals surface area contributed by atoms with E-state index in [9.17, 15) is 42.0 Å². The van der Waals surface area contributed by atoms with Crippen molar-refractivity contribution in [1.29, 1.82) is 0 Å². The van der Waals surface area contributed by atoms with E-state index in [0.717, 1.165) is 59.1 Å². The quantitative estimate of drug-likeness (QED) is 0.0311. The van der Waals surface area contributed by atoms with Gasteiger partial charge in [-0.1, -0.05) is 49.4 Å². The molecule has 0 radical (unpaired) electrons. The van der Waals surface area contributed by atoms with Crippen LogP contribution in [-0.2, 0) is 53.4 Å². The van der Waals surface area contributed by atoms with Crippen LogP contribution in [0.3, 0.4) is 0 Å². The van der Waals surface area contributed by atoms with Crippen LogP contribution >= 0.6 is 11.3 Å². The summed E-state index contributed by atoms with van der Waals surface area (Å²) in [6.45, 7) is 17.7. The van der Waals surface area contributed by atoms with Crippen LogP contribution in [-0.4, -0.2) is 115 Å². The number of amides is 3. The normalized spacial score (nSPS) is 23.4. The molecule has 424 valence electrons. The molecular weight excluding hydrogens is 1050 g/mol. The minimum Gasteiger partial charge on any atom is -0.476 e. The Balaban J connectivity index is 0.903. The zero-order valence-electron chi connectivity index (χ0n) is 46.4. The lowest BCUT2D eigenvalue weighted by molar-refractivity contribution is -0.247. The summed E-state index contributed by atoms with van der Waals surface area (Å²) in [6.07, 6.45) is 4.96. The zero-order valence-corrected chi connectivity index (χ0v) is 48.0. The summed E-state index contributed by atoms with van der Waals surface area (Å²) in [5.74, 6) is -3.69. The first kappa shape index (κ1) is 57.2. The molecule has 4 fully saturated rings. The first-order valence-corrected chi connectivity index (χ1v) is 29.2. The maximum absolute atomic E-state index is 14.3. The fourth-order valence-corrected chi connectivity index (χ4v) is 15.4. The molecular formula is C57H72N8O12S2. The van der Waals surface area contributed by atoms with Crippen molar-refractivity contribution >= 4 is 72.5 Å². The summed E-state index contributed by atoms with van der Waals surface area (Å²) in [6, 6.07) is 17.0. The lowest BCUT2D eigenvalue weighted by atomic mass is 9.39. The van der Waals surface area contributed by atoms with Gasteiger partial charge in [-0.15, -0.1) is 0 Å². The second-order valence-electron chi connectivity index (χ2n) is 25.2. The van der Waals surface area contributed by atoms with Gasteiger partial charge in [0.2, 0.25) is 5.91 Å². The fourth-order valence-electron chi connectivity index (χ4n) is 13.9. The summed E-state index contributed by atoms with van der Waals surface area (Å²) in [4.78, 5) is 79.1. The Bertz CT molecular complexity index is 3260. The second-order valence-corrected chi connectivity index (χ2v) is 27.8. The number of carboxylic acids is 1. The number of thiazole rings is 1. The van der Waals surface area contributed by atoms with E-state index in [1.165, 1.54) is 11.3 Å². The number of ether oxygens (including phenoxy) is 3. The topological polar surface area (TPSA) is 271 Å². The van der Waals surface area contributed by atoms with E-state index in [2.05, 4.69) is 34.8 Å². The van der Waals surface area contributed by atoms with E-state index in [-0.39, 0.29) is 41.0 Å². The van der Waals surface area contributed by atoms with Crippen LogP contribution in [0.4, 0.5) is 15.7 Å². The molecule has 3 amide bonds. The summed E-state index contributed by atoms with van der Waals surface area (Å²) in [5.41, 5.74) is -0.194. The number of para-hydroxylation sites is 1. The van der Waals surface area contributed by atoms with Gasteiger partial charge in [0.15, 0.2) is 10.8 Å². The van der Waals surface area contributed by atoms with Crippen LogP contribution in [0, 0.1) is 23.2 Å². The maximum atomic E-state index is 14.3. The van der Waals surface area contributed by atoms with Gasteiger partial charge in [0.25, 0.3) is 16.0 Å². The van der Waals surface area contributed by atoms with Crippen molar-refractivity contribution in [3.05, 3.63) is 88.9 Å².